The van der Waals surface area contributed by atoms with Crippen molar-refractivity contribution < 1.29 is 9.53 Å². The van der Waals surface area contributed by atoms with E-state index in [0.717, 1.165) is 16.8 Å². The molecular weight excluding hydrogens is 436 g/mol. The molecule has 3 N–H and O–H groups in total. The Balaban J connectivity index is 0.00000274. The van der Waals surface area contributed by atoms with E-state index < -0.39 is 6.09 Å². The Kier molecular flexibility index (Phi) is 6.48. The number of hydrogen-bond donors (Lipinski definition) is 3. The quantitative estimate of drug-likeness (QED) is 0.346. The summed E-state index contributed by atoms with van der Waals surface area (Å²) in [5.41, 5.74) is 4.63. The normalized spacial score (nSPS) is 10.6. The first kappa shape index (κ1) is 22.5. The van der Waals surface area contributed by atoms with Crippen LogP contribution in [-0.2, 0) is 11.2 Å². The van der Waals surface area contributed by atoms with Crippen LogP contribution in [-0.4, -0.2) is 58.2 Å². The number of imidazole rings is 1. The van der Waals surface area contributed by atoms with Crippen LogP contribution in [0.15, 0.2) is 48.9 Å². The fourth-order valence-corrected chi connectivity index (χ4v) is 3.34. The molecule has 0 radical (unpaired) electrons. The molecule has 5 rings (SSSR count). The number of fused-ring (bicyclic) bond motifs is 1. The molecule has 0 fully saturated rings. The van der Waals surface area contributed by atoms with Gasteiger partial charge in [0.2, 0.25) is 5.95 Å². The van der Waals surface area contributed by atoms with Gasteiger partial charge >= 0.3 is 6.09 Å². The number of nitrogens with zero attached hydrogens (tertiary/aromatic N) is 7. The molecule has 0 aliphatic carbocycles. The Morgan fingerprint density at radius 2 is 1.97 bits per heavy atom. The van der Waals surface area contributed by atoms with Gasteiger partial charge in [-0.1, -0.05) is 18.7 Å². The van der Waals surface area contributed by atoms with E-state index in [0.29, 0.717) is 34.7 Å². The summed E-state index contributed by atoms with van der Waals surface area (Å²) < 4.78 is 4.94. The van der Waals surface area contributed by atoms with Crippen molar-refractivity contribution in [3.05, 3.63) is 60.4 Å². The predicted molar refractivity (Wildman–Crippen MR) is 125 cm³/mol. The highest BCUT2D eigenvalue weighted by atomic mass is 16.5. The van der Waals surface area contributed by atoms with Gasteiger partial charge in [-0.25, -0.2) is 19.7 Å². The van der Waals surface area contributed by atoms with E-state index in [2.05, 4.69) is 50.9 Å². The number of aromatic amines is 2. The minimum atomic E-state index is -0.587. The highest BCUT2D eigenvalue weighted by Crippen LogP contribution is 2.32. The molecule has 0 saturated carbocycles. The maximum Gasteiger partial charge on any atom is 0.413 e. The number of ether oxygens (including phenoxy) is 1. The van der Waals surface area contributed by atoms with Gasteiger partial charge in [0, 0.05) is 35.4 Å². The predicted octanol–water partition coefficient (Wildman–Crippen LogP) is 3.39. The smallest absolute Gasteiger partial charge is 0.413 e. The summed E-state index contributed by atoms with van der Waals surface area (Å²) in [6, 6.07) is 9.50. The molecule has 0 aliphatic rings. The molecule has 0 spiro atoms. The second-order valence-electron chi connectivity index (χ2n) is 6.97. The molecule has 0 atom stereocenters. The second kappa shape index (κ2) is 9.81. The molecule has 0 aliphatic heterocycles. The van der Waals surface area contributed by atoms with Gasteiger partial charge < -0.3 is 9.72 Å². The van der Waals surface area contributed by atoms with Gasteiger partial charge in [0.15, 0.2) is 11.6 Å². The van der Waals surface area contributed by atoms with Crippen molar-refractivity contribution in [2.75, 3.05) is 11.9 Å². The number of aromatic nitrogens is 9. The standard InChI is InChI=1S/C21H18N10O2.CH4/c1-2-33-21(32)27-20-25-16-9-13(8-15(18(16)26-20)19-22-6-3-7-23-19)12-4-5-14(24-11-12)10-17-28-30-31-29-17;/h3-9,11H,2,10H2,1H3,(H2,25,26,27,32)(H,28,29,30,31);1H4. The highest BCUT2D eigenvalue weighted by molar-refractivity contribution is 5.96. The van der Waals surface area contributed by atoms with Gasteiger partial charge in [0.05, 0.1) is 18.5 Å². The minimum absolute atomic E-state index is 0. The lowest BCUT2D eigenvalue weighted by Gasteiger charge is -2.07. The molecule has 0 bridgehead atoms. The minimum Gasteiger partial charge on any atom is -0.450 e. The van der Waals surface area contributed by atoms with Gasteiger partial charge in [-0.3, -0.25) is 10.3 Å². The molecule has 0 saturated heterocycles. The van der Waals surface area contributed by atoms with E-state index in [-0.39, 0.29) is 20.0 Å². The van der Waals surface area contributed by atoms with Crippen molar-refractivity contribution in [3.63, 3.8) is 0 Å². The van der Waals surface area contributed by atoms with Gasteiger partial charge in [-0.2, -0.15) is 5.21 Å². The monoisotopic (exact) mass is 458 g/mol. The molecule has 4 aromatic heterocycles. The molecule has 0 unspecified atom stereocenters. The number of amides is 1. The molecule has 1 aromatic carbocycles. The first-order valence-electron chi connectivity index (χ1n) is 10.1. The molecule has 5 aromatic rings. The van der Waals surface area contributed by atoms with Crippen LogP contribution < -0.4 is 5.32 Å². The maximum absolute atomic E-state index is 11.8. The lowest BCUT2D eigenvalue weighted by molar-refractivity contribution is 0.167. The fourth-order valence-electron chi connectivity index (χ4n) is 3.34. The van der Waals surface area contributed by atoms with Crippen LogP contribution in [0.2, 0.25) is 0 Å². The van der Waals surface area contributed by atoms with Crippen molar-refractivity contribution in [3.8, 4) is 22.5 Å². The topological polar surface area (TPSA) is 160 Å². The highest BCUT2D eigenvalue weighted by Gasteiger charge is 2.16. The first-order valence-corrected chi connectivity index (χ1v) is 10.1. The number of anilines is 1. The Hall–Kier alpha value is -4.74. The molecule has 4 heterocycles. The Labute approximate surface area is 194 Å². The van der Waals surface area contributed by atoms with Gasteiger partial charge in [0.25, 0.3) is 0 Å². The molecular formula is C22H22N10O2. The summed E-state index contributed by atoms with van der Waals surface area (Å²) in [6.45, 7) is 1.99. The van der Waals surface area contributed by atoms with Gasteiger partial charge in [0.1, 0.15) is 5.52 Å². The van der Waals surface area contributed by atoms with E-state index >= 15 is 0 Å². The summed E-state index contributed by atoms with van der Waals surface area (Å²) >= 11 is 0. The third-order valence-electron chi connectivity index (χ3n) is 4.78. The molecule has 1 amide bonds. The van der Waals surface area contributed by atoms with Crippen molar-refractivity contribution in [1.29, 1.82) is 0 Å². The van der Waals surface area contributed by atoms with E-state index in [9.17, 15) is 4.79 Å². The molecule has 172 valence electrons. The summed E-state index contributed by atoms with van der Waals surface area (Å²) in [5, 5.41) is 16.5. The zero-order chi connectivity index (χ0) is 22.6. The Morgan fingerprint density at radius 3 is 2.68 bits per heavy atom. The summed E-state index contributed by atoms with van der Waals surface area (Å²) in [6.07, 6.45) is 5.00. The second-order valence-corrected chi connectivity index (χ2v) is 6.97. The van der Waals surface area contributed by atoms with Crippen molar-refractivity contribution in [1.82, 2.24) is 45.5 Å². The number of carbonyl (C=O) groups excluding carboxylic acids is 1. The summed E-state index contributed by atoms with van der Waals surface area (Å²) in [7, 11) is 0. The zero-order valence-electron chi connectivity index (χ0n) is 17.5. The number of rotatable bonds is 6. The number of tetrazole rings is 1. The number of hydrogen-bond acceptors (Lipinski definition) is 9. The van der Waals surface area contributed by atoms with Gasteiger partial charge in [-0.15, -0.1) is 10.2 Å². The third-order valence-corrected chi connectivity index (χ3v) is 4.78. The van der Waals surface area contributed by atoms with Crippen LogP contribution >= 0.6 is 0 Å². The lowest BCUT2D eigenvalue weighted by atomic mass is 10.0. The van der Waals surface area contributed by atoms with Gasteiger partial charge in [-0.05, 0) is 36.8 Å². The van der Waals surface area contributed by atoms with E-state index in [1.54, 1.807) is 31.6 Å². The number of H-pyrrole nitrogens is 2. The summed E-state index contributed by atoms with van der Waals surface area (Å²) in [4.78, 5) is 32.7. The Bertz CT molecular complexity index is 1380. The van der Waals surface area contributed by atoms with Crippen molar-refractivity contribution in [2.45, 2.75) is 20.8 Å². The number of nitrogens with one attached hydrogen (secondary N) is 3. The Morgan fingerprint density at radius 1 is 1.12 bits per heavy atom. The average Bonchev–Trinajstić information content (AvgIpc) is 3.49. The number of pyridine rings is 1. The fraction of sp³-hybridized carbons (Fsp3) is 0.182. The SMILES string of the molecule is C.CCOC(=O)Nc1nc2c(-c3ncccn3)cc(-c3ccc(Cc4nn[nH]n4)nc3)cc2[nH]1. The van der Waals surface area contributed by atoms with E-state index in [1.165, 1.54) is 0 Å². The van der Waals surface area contributed by atoms with Crippen LogP contribution in [0, 0.1) is 0 Å². The van der Waals surface area contributed by atoms with Crippen molar-refractivity contribution in [2.24, 2.45) is 0 Å². The summed E-state index contributed by atoms with van der Waals surface area (Å²) in [5.74, 6) is 1.35. The number of benzene rings is 1. The van der Waals surface area contributed by atoms with Crippen molar-refractivity contribution >= 4 is 23.1 Å². The van der Waals surface area contributed by atoms with E-state index in [1.807, 2.05) is 24.3 Å². The third kappa shape index (κ3) is 4.70. The average molecular weight is 458 g/mol. The largest absolute Gasteiger partial charge is 0.450 e. The van der Waals surface area contributed by atoms with Crippen LogP contribution in [0.3, 0.4) is 0 Å². The van der Waals surface area contributed by atoms with Crippen LogP contribution in [0.4, 0.5) is 10.7 Å². The van der Waals surface area contributed by atoms with Crippen LogP contribution in [0.5, 0.6) is 0 Å². The lowest BCUT2D eigenvalue weighted by Crippen LogP contribution is -2.14. The first-order chi connectivity index (χ1) is 16.2. The number of carbonyl (C=O) groups is 1. The molecule has 34 heavy (non-hydrogen) atoms. The molecule has 12 heteroatoms. The zero-order valence-corrected chi connectivity index (χ0v) is 17.5. The van der Waals surface area contributed by atoms with E-state index in [4.69, 9.17) is 4.74 Å². The molecule has 12 nitrogen and oxygen atoms in total. The van der Waals surface area contributed by atoms with Crippen LogP contribution in [0.1, 0.15) is 25.9 Å². The maximum atomic E-state index is 11.8. The van der Waals surface area contributed by atoms with Crippen LogP contribution in [0.25, 0.3) is 33.5 Å².